The molecule has 0 aliphatic carbocycles. The third kappa shape index (κ3) is 4.28. The quantitative estimate of drug-likeness (QED) is 0.728. The second-order valence-electron chi connectivity index (χ2n) is 7.39. The molecule has 2 N–H and O–H groups in total. The van der Waals surface area contributed by atoms with E-state index >= 15 is 0 Å². The van der Waals surface area contributed by atoms with Crippen molar-refractivity contribution in [1.82, 2.24) is 20.2 Å². The van der Waals surface area contributed by atoms with Crippen LogP contribution >= 0.6 is 0 Å². The van der Waals surface area contributed by atoms with E-state index in [-0.39, 0.29) is 5.82 Å². The lowest BCUT2D eigenvalue weighted by atomic mass is 10.1. The van der Waals surface area contributed by atoms with Gasteiger partial charge in [0, 0.05) is 45.0 Å². The standard InChI is InChI=1S/C21H26FN5/c1-15-24-20-4-3-16(11-21(20)25-15)13-23-14-17-9-18(22)12-19(10-17)27-7-5-26(2)6-8-27/h3-4,9-12,23H,5-8,13-14H2,1-2H3,(H,24,25). The highest BCUT2D eigenvalue weighted by molar-refractivity contribution is 5.75. The van der Waals surface area contributed by atoms with Gasteiger partial charge in [-0.1, -0.05) is 6.07 Å². The fourth-order valence-electron chi connectivity index (χ4n) is 3.63. The van der Waals surface area contributed by atoms with E-state index in [9.17, 15) is 4.39 Å². The van der Waals surface area contributed by atoms with E-state index < -0.39 is 0 Å². The van der Waals surface area contributed by atoms with E-state index in [1.807, 2.05) is 13.0 Å². The van der Waals surface area contributed by atoms with Crippen LogP contribution in [0.4, 0.5) is 10.1 Å². The predicted octanol–water partition coefficient (Wildman–Crippen LogP) is 3.05. The van der Waals surface area contributed by atoms with E-state index in [1.54, 1.807) is 12.1 Å². The second-order valence-corrected chi connectivity index (χ2v) is 7.39. The van der Waals surface area contributed by atoms with Crippen LogP contribution in [0.2, 0.25) is 0 Å². The molecule has 2 heterocycles. The first-order valence-electron chi connectivity index (χ1n) is 9.46. The number of imidazole rings is 1. The molecule has 142 valence electrons. The molecule has 1 fully saturated rings. The lowest BCUT2D eigenvalue weighted by Gasteiger charge is -2.34. The van der Waals surface area contributed by atoms with Gasteiger partial charge in [0.15, 0.2) is 0 Å². The Bertz CT molecular complexity index is 927. The van der Waals surface area contributed by atoms with Crippen molar-refractivity contribution in [2.45, 2.75) is 20.0 Å². The number of hydrogen-bond donors (Lipinski definition) is 2. The van der Waals surface area contributed by atoms with Crippen LogP contribution in [0, 0.1) is 12.7 Å². The lowest BCUT2D eigenvalue weighted by Crippen LogP contribution is -2.44. The highest BCUT2D eigenvalue weighted by Crippen LogP contribution is 2.20. The Balaban J connectivity index is 1.40. The summed E-state index contributed by atoms with van der Waals surface area (Å²) in [6.45, 7) is 7.24. The van der Waals surface area contributed by atoms with Crippen LogP contribution in [0.5, 0.6) is 0 Å². The summed E-state index contributed by atoms with van der Waals surface area (Å²) in [7, 11) is 2.13. The van der Waals surface area contributed by atoms with Crippen molar-refractivity contribution in [3.8, 4) is 0 Å². The third-order valence-corrected chi connectivity index (χ3v) is 5.13. The van der Waals surface area contributed by atoms with Crippen molar-refractivity contribution < 1.29 is 4.39 Å². The normalized spacial score (nSPS) is 15.6. The van der Waals surface area contributed by atoms with Crippen LogP contribution in [-0.4, -0.2) is 48.1 Å². The molecule has 6 heteroatoms. The number of aryl methyl sites for hydroxylation is 1. The summed E-state index contributed by atoms with van der Waals surface area (Å²) < 4.78 is 14.1. The van der Waals surface area contributed by atoms with E-state index in [0.717, 1.165) is 60.8 Å². The van der Waals surface area contributed by atoms with Crippen LogP contribution in [0.1, 0.15) is 17.0 Å². The van der Waals surface area contributed by atoms with Gasteiger partial charge in [0.1, 0.15) is 11.6 Å². The minimum absolute atomic E-state index is 0.169. The van der Waals surface area contributed by atoms with Gasteiger partial charge in [-0.15, -0.1) is 0 Å². The van der Waals surface area contributed by atoms with Gasteiger partial charge in [0.25, 0.3) is 0 Å². The number of anilines is 1. The van der Waals surface area contributed by atoms with Crippen molar-refractivity contribution in [2.75, 3.05) is 38.1 Å². The summed E-state index contributed by atoms with van der Waals surface area (Å²) in [5, 5.41) is 3.43. The van der Waals surface area contributed by atoms with E-state index in [1.165, 1.54) is 5.56 Å². The van der Waals surface area contributed by atoms with Crippen LogP contribution in [0.15, 0.2) is 36.4 Å². The molecule has 27 heavy (non-hydrogen) atoms. The van der Waals surface area contributed by atoms with Crippen LogP contribution in [-0.2, 0) is 13.1 Å². The minimum Gasteiger partial charge on any atom is -0.369 e. The highest BCUT2D eigenvalue weighted by atomic mass is 19.1. The van der Waals surface area contributed by atoms with Crippen LogP contribution in [0.3, 0.4) is 0 Å². The second kappa shape index (κ2) is 7.66. The highest BCUT2D eigenvalue weighted by Gasteiger charge is 2.15. The first kappa shape index (κ1) is 17.9. The zero-order valence-corrected chi connectivity index (χ0v) is 15.9. The Labute approximate surface area is 159 Å². The summed E-state index contributed by atoms with van der Waals surface area (Å²) in [5.41, 5.74) is 5.17. The number of likely N-dealkylation sites (N-methyl/N-ethyl adjacent to an activating group) is 1. The minimum atomic E-state index is -0.169. The van der Waals surface area contributed by atoms with Gasteiger partial charge in [0.05, 0.1) is 11.0 Å². The molecule has 0 spiro atoms. The van der Waals surface area contributed by atoms with E-state index in [2.05, 4.69) is 50.3 Å². The van der Waals surface area contributed by atoms with Crippen LogP contribution in [0.25, 0.3) is 11.0 Å². The molecule has 0 saturated carbocycles. The molecular formula is C21H26FN5. The van der Waals surface area contributed by atoms with Gasteiger partial charge in [-0.3, -0.25) is 0 Å². The maximum absolute atomic E-state index is 14.1. The Hall–Kier alpha value is -2.44. The molecule has 0 unspecified atom stereocenters. The Morgan fingerprint density at radius 2 is 1.81 bits per heavy atom. The van der Waals surface area contributed by atoms with Crippen LogP contribution < -0.4 is 10.2 Å². The number of H-pyrrole nitrogens is 1. The molecule has 0 atom stereocenters. The summed E-state index contributed by atoms with van der Waals surface area (Å²) >= 11 is 0. The Kier molecular flexibility index (Phi) is 5.09. The summed E-state index contributed by atoms with van der Waals surface area (Å²) in [6.07, 6.45) is 0. The molecule has 0 bridgehead atoms. The number of aromatic amines is 1. The van der Waals surface area contributed by atoms with Crippen molar-refractivity contribution in [3.63, 3.8) is 0 Å². The number of fused-ring (bicyclic) bond motifs is 1. The molecule has 1 aliphatic rings. The van der Waals surface area contributed by atoms with Gasteiger partial charge >= 0.3 is 0 Å². The zero-order valence-electron chi connectivity index (χ0n) is 15.9. The fraction of sp³-hybridized carbons (Fsp3) is 0.381. The van der Waals surface area contributed by atoms with Gasteiger partial charge in [-0.2, -0.15) is 0 Å². The number of nitrogens with one attached hydrogen (secondary N) is 2. The topological polar surface area (TPSA) is 47.2 Å². The Morgan fingerprint density at radius 3 is 2.63 bits per heavy atom. The first-order valence-corrected chi connectivity index (χ1v) is 9.46. The van der Waals surface area contributed by atoms with E-state index in [0.29, 0.717) is 6.54 Å². The van der Waals surface area contributed by atoms with Gasteiger partial charge in [-0.25, -0.2) is 9.37 Å². The Morgan fingerprint density at radius 1 is 1.04 bits per heavy atom. The summed E-state index contributed by atoms with van der Waals surface area (Å²) in [6, 6.07) is 11.6. The SMILES string of the molecule is Cc1nc2ccc(CNCc3cc(F)cc(N4CCN(C)CC4)c3)cc2[nH]1. The number of nitrogens with zero attached hydrogens (tertiary/aromatic N) is 3. The van der Waals surface area contributed by atoms with Gasteiger partial charge in [0.2, 0.25) is 0 Å². The summed E-state index contributed by atoms with van der Waals surface area (Å²) in [5.74, 6) is 0.754. The molecular weight excluding hydrogens is 341 g/mol. The molecule has 1 aliphatic heterocycles. The number of hydrogen-bond acceptors (Lipinski definition) is 4. The smallest absolute Gasteiger partial charge is 0.125 e. The fourth-order valence-corrected chi connectivity index (χ4v) is 3.63. The van der Waals surface area contributed by atoms with Gasteiger partial charge in [-0.05, 0) is 55.4 Å². The predicted molar refractivity (Wildman–Crippen MR) is 107 cm³/mol. The van der Waals surface area contributed by atoms with E-state index in [4.69, 9.17) is 0 Å². The largest absolute Gasteiger partial charge is 0.369 e. The molecule has 0 radical (unpaired) electrons. The van der Waals surface area contributed by atoms with Crippen molar-refractivity contribution in [1.29, 1.82) is 0 Å². The van der Waals surface area contributed by atoms with Crippen molar-refractivity contribution >= 4 is 16.7 Å². The monoisotopic (exact) mass is 367 g/mol. The van der Waals surface area contributed by atoms with Gasteiger partial charge < -0.3 is 20.1 Å². The average Bonchev–Trinajstić information content (AvgIpc) is 3.01. The lowest BCUT2D eigenvalue weighted by molar-refractivity contribution is 0.312. The number of halogens is 1. The molecule has 1 saturated heterocycles. The maximum atomic E-state index is 14.1. The molecule has 3 aromatic rings. The zero-order chi connectivity index (χ0) is 18.8. The number of benzene rings is 2. The molecule has 1 aromatic heterocycles. The number of aromatic nitrogens is 2. The first-order chi connectivity index (χ1) is 13.1. The molecule has 5 nitrogen and oxygen atoms in total. The molecule has 2 aromatic carbocycles. The number of piperazine rings is 1. The molecule has 0 amide bonds. The average molecular weight is 367 g/mol. The number of rotatable bonds is 5. The molecule has 4 rings (SSSR count). The van der Waals surface area contributed by atoms with Crippen molar-refractivity contribution in [3.05, 3.63) is 59.2 Å². The third-order valence-electron chi connectivity index (χ3n) is 5.13. The maximum Gasteiger partial charge on any atom is 0.125 e. The van der Waals surface area contributed by atoms with Crippen molar-refractivity contribution in [2.24, 2.45) is 0 Å². The summed E-state index contributed by atoms with van der Waals surface area (Å²) in [4.78, 5) is 12.3.